The third-order valence-corrected chi connectivity index (χ3v) is 5.12. The van der Waals surface area contributed by atoms with Gasteiger partial charge in [-0.2, -0.15) is 0 Å². The maximum atomic E-state index is 12.3. The van der Waals surface area contributed by atoms with Gasteiger partial charge in [-0.3, -0.25) is 4.79 Å². The van der Waals surface area contributed by atoms with Crippen LogP contribution in [0.3, 0.4) is 0 Å². The van der Waals surface area contributed by atoms with Crippen LogP contribution in [0.5, 0.6) is 0 Å². The highest BCUT2D eigenvalue weighted by atomic mass is 32.1. The van der Waals surface area contributed by atoms with E-state index in [1.165, 1.54) is 17.4 Å². The van der Waals surface area contributed by atoms with Gasteiger partial charge in [0.15, 0.2) is 0 Å². The van der Waals surface area contributed by atoms with Crippen molar-refractivity contribution in [3.63, 3.8) is 0 Å². The average Bonchev–Trinajstić information content (AvgIpc) is 2.98. The maximum absolute atomic E-state index is 12.3. The fourth-order valence-corrected chi connectivity index (χ4v) is 3.86. The van der Waals surface area contributed by atoms with Crippen LogP contribution in [0.25, 0.3) is 17.2 Å². The van der Waals surface area contributed by atoms with E-state index in [0.29, 0.717) is 10.6 Å². The first-order valence-corrected chi connectivity index (χ1v) is 9.25. The summed E-state index contributed by atoms with van der Waals surface area (Å²) in [6, 6.07) is 17.1. The zero-order valence-electron chi connectivity index (χ0n) is 15.0. The Morgan fingerprint density at radius 2 is 1.67 bits per heavy atom. The van der Waals surface area contributed by atoms with Gasteiger partial charge in [0, 0.05) is 16.5 Å². The molecule has 136 valence electrons. The zero-order chi connectivity index (χ0) is 19.4. The van der Waals surface area contributed by atoms with Crippen LogP contribution in [0.2, 0.25) is 0 Å². The number of hydrogen-bond acceptors (Lipinski definition) is 3. The molecule has 0 unspecified atom stereocenters. The summed E-state index contributed by atoms with van der Waals surface area (Å²) in [6.45, 7) is 3.86. The molecule has 0 bridgehead atoms. The summed E-state index contributed by atoms with van der Waals surface area (Å²) in [4.78, 5) is 25.0. The van der Waals surface area contributed by atoms with E-state index in [-0.39, 0.29) is 11.5 Å². The minimum Gasteiger partial charge on any atom is -0.478 e. The van der Waals surface area contributed by atoms with Crippen molar-refractivity contribution in [2.45, 2.75) is 13.8 Å². The van der Waals surface area contributed by atoms with Gasteiger partial charge in [0.1, 0.15) is 10.6 Å². The predicted molar refractivity (Wildman–Crippen MR) is 110 cm³/mol. The number of carboxylic acid groups (broad SMARTS) is 1. The lowest BCUT2D eigenvalue weighted by Crippen LogP contribution is -2.10. The van der Waals surface area contributed by atoms with Crippen LogP contribution in [0.4, 0.5) is 5.00 Å². The van der Waals surface area contributed by atoms with E-state index in [4.69, 9.17) is 0 Å². The van der Waals surface area contributed by atoms with Crippen molar-refractivity contribution in [1.29, 1.82) is 0 Å². The molecule has 4 nitrogen and oxygen atoms in total. The highest BCUT2D eigenvalue weighted by Gasteiger charge is 2.23. The van der Waals surface area contributed by atoms with Crippen molar-refractivity contribution in [3.05, 3.63) is 82.2 Å². The number of anilines is 1. The van der Waals surface area contributed by atoms with Crippen LogP contribution in [-0.2, 0) is 4.79 Å². The summed E-state index contributed by atoms with van der Waals surface area (Å²) in [5, 5.41) is 12.8. The van der Waals surface area contributed by atoms with E-state index in [0.717, 1.165) is 21.6 Å². The van der Waals surface area contributed by atoms with Crippen molar-refractivity contribution in [2.24, 2.45) is 0 Å². The van der Waals surface area contributed by atoms with Crippen LogP contribution in [0, 0.1) is 13.8 Å². The number of carbonyl (C=O) groups excluding carboxylic acids is 1. The quantitative estimate of drug-likeness (QED) is 0.587. The number of hydrogen-bond donors (Lipinski definition) is 2. The molecule has 0 spiro atoms. The fourth-order valence-electron chi connectivity index (χ4n) is 2.79. The minimum atomic E-state index is -1.06. The first kappa shape index (κ1) is 18.6. The maximum Gasteiger partial charge on any atom is 0.339 e. The number of aromatic carboxylic acids is 1. The third-order valence-electron chi connectivity index (χ3n) is 4.10. The molecule has 2 aromatic carbocycles. The molecule has 1 heterocycles. The van der Waals surface area contributed by atoms with Crippen LogP contribution >= 0.6 is 11.3 Å². The topological polar surface area (TPSA) is 66.4 Å². The van der Waals surface area contributed by atoms with Gasteiger partial charge < -0.3 is 10.4 Å². The molecule has 3 aromatic rings. The second kappa shape index (κ2) is 8.01. The van der Waals surface area contributed by atoms with E-state index in [1.54, 1.807) is 6.08 Å². The Kier molecular flexibility index (Phi) is 5.52. The zero-order valence-corrected chi connectivity index (χ0v) is 15.8. The Morgan fingerprint density at radius 1 is 1.00 bits per heavy atom. The van der Waals surface area contributed by atoms with E-state index in [2.05, 4.69) is 5.32 Å². The molecule has 0 aliphatic carbocycles. The highest BCUT2D eigenvalue weighted by molar-refractivity contribution is 7.17. The van der Waals surface area contributed by atoms with E-state index in [9.17, 15) is 14.7 Å². The van der Waals surface area contributed by atoms with Crippen molar-refractivity contribution < 1.29 is 14.7 Å². The Bertz CT molecular complexity index is 1000. The summed E-state index contributed by atoms with van der Waals surface area (Å²) in [6.07, 6.45) is 3.11. The van der Waals surface area contributed by atoms with Crippen molar-refractivity contribution in [1.82, 2.24) is 0 Å². The predicted octanol–water partition coefficient (Wildman–Crippen LogP) is 5.38. The van der Waals surface area contributed by atoms with Crippen LogP contribution < -0.4 is 5.32 Å². The molecular formula is C22H19NO3S. The molecule has 0 atom stereocenters. The average molecular weight is 377 g/mol. The number of aryl methyl sites for hydroxylation is 2. The normalized spacial score (nSPS) is 10.9. The van der Waals surface area contributed by atoms with E-state index in [1.807, 2.05) is 68.4 Å². The SMILES string of the molecule is Cc1ccc(/C=C/C(=O)Nc2sc(C)c(-c3ccccc3)c2C(=O)O)cc1. The lowest BCUT2D eigenvalue weighted by Gasteiger charge is -2.05. The number of carboxylic acids is 1. The molecule has 2 N–H and O–H groups in total. The summed E-state index contributed by atoms with van der Waals surface area (Å²) in [7, 11) is 0. The highest BCUT2D eigenvalue weighted by Crippen LogP contribution is 2.39. The van der Waals surface area contributed by atoms with E-state index < -0.39 is 5.97 Å². The molecule has 0 aliphatic heterocycles. The number of rotatable bonds is 5. The Morgan fingerprint density at radius 3 is 2.30 bits per heavy atom. The lowest BCUT2D eigenvalue weighted by atomic mass is 10.0. The summed E-state index contributed by atoms with van der Waals surface area (Å²) < 4.78 is 0. The lowest BCUT2D eigenvalue weighted by molar-refractivity contribution is -0.111. The molecular weight excluding hydrogens is 358 g/mol. The summed E-state index contributed by atoms with van der Waals surface area (Å²) in [5.74, 6) is -1.42. The number of benzene rings is 2. The second-order valence-corrected chi connectivity index (χ2v) is 7.37. The summed E-state index contributed by atoms with van der Waals surface area (Å²) >= 11 is 1.27. The second-order valence-electron chi connectivity index (χ2n) is 6.14. The summed E-state index contributed by atoms with van der Waals surface area (Å²) in [5.41, 5.74) is 3.64. The Balaban J connectivity index is 1.87. The number of nitrogens with one attached hydrogen (secondary N) is 1. The monoisotopic (exact) mass is 377 g/mol. The molecule has 1 amide bonds. The van der Waals surface area contributed by atoms with Gasteiger partial charge in [0.05, 0.1) is 0 Å². The molecule has 0 fully saturated rings. The molecule has 0 saturated carbocycles. The molecule has 1 aromatic heterocycles. The van der Waals surface area contributed by atoms with Gasteiger partial charge in [0.2, 0.25) is 5.91 Å². The van der Waals surface area contributed by atoms with Crippen LogP contribution in [0.15, 0.2) is 60.7 Å². The van der Waals surface area contributed by atoms with Gasteiger partial charge in [-0.15, -0.1) is 11.3 Å². The largest absolute Gasteiger partial charge is 0.478 e. The van der Waals surface area contributed by atoms with Gasteiger partial charge in [0.25, 0.3) is 0 Å². The van der Waals surface area contributed by atoms with Gasteiger partial charge in [-0.25, -0.2) is 4.79 Å². The standard InChI is InChI=1S/C22H19NO3S/c1-14-8-10-16(11-9-14)12-13-18(24)23-21-20(22(25)26)19(15(2)27-21)17-6-4-3-5-7-17/h3-13H,1-2H3,(H,23,24)(H,25,26)/b13-12+. The molecule has 0 aliphatic rings. The van der Waals surface area contributed by atoms with Crippen LogP contribution in [-0.4, -0.2) is 17.0 Å². The van der Waals surface area contributed by atoms with Gasteiger partial charge in [-0.1, -0.05) is 60.2 Å². The van der Waals surface area contributed by atoms with Gasteiger partial charge >= 0.3 is 5.97 Å². The third kappa shape index (κ3) is 4.33. The molecule has 5 heteroatoms. The van der Waals surface area contributed by atoms with E-state index >= 15 is 0 Å². The number of carbonyl (C=O) groups is 2. The molecule has 3 rings (SSSR count). The smallest absolute Gasteiger partial charge is 0.339 e. The minimum absolute atomic E-state index is 0.126. The Hall–Kier alpha value is -3.18. The molecule has 0 saturated heterocycles. The molecule has 27 heavy (non-hydrogen) atoms. The van der Waals surface area contributed by atoms with Crippen molar-refractivity contribution >= 4 is 34.3 Å². The van der Waals surface area contributed by atoms with Crippen molar-refractivity contribution in [3.8, 4) is 11.1 Å². The van der Waals surface area contributed by atoms with Gasteiger partial charge in [-0.05, 0) is 31.1 Å². The Labute approximate surface area is 161 Å². The molecule has 0 radical (unpaired) electrons. The van der Waals surface area contributed by atoms with Crippen LogP contribution in [0.1, 0.15) is 26.4 Å². The number of thiophene rings is 1. The number of amides is 1. The van der Waals surface area contributed by atoms with Crippen molar-refractivity contribution in [2.75, 3.05) is 5.32 Å². The fraction of sp³-hybridized carbons (Fsp3) is 0.0909. The first-order valence-electron chi connectivity index (χ1n) is 8.43. The first-order chi connectivity index (χ1) is 13.0.